The Kier molecular flexibility index (Phi) is 3.84. The molecule has 1 fully saturated rings. The fourth-order valence-corrected chi connectivity index (χ4v) is 2.41. The first-order valence-corrected chi connectivity index (χ1v) is 6.20. The lowest BCUT2D eigenvalue weighted by molar-refractivity contribution is -0.122. The lowest BCUT2D eigenvalue weighted by Gasteiger charge is -2.28. The number of aromatic nitrogens is 1. The monoisotopic (exact) mass is 253 g/mol. The van der Waals surface area contributed by atoms with Gasteiger partial charge in [-0.3, -0.25) is 9.78 Å². The normalized spacial score (nSPS) is 24.3. The second kappa shape index (κ2) is 5.36. The van der Waals surface area contributed by atoms with Crippen LogP contribution in [0.2, 0.25) is 5.02 Å². The fraction of sp³-hybridized carbons (Fsp3) is 0.500. The molecule has 0 bridgehead atoms. The highest BCUT2D eigenvalue weighted by molar-refractivity contribution is 6.33. The van der Waals surface area contributed by atoms with E-state index < -0.39 is 0 Å². The molecule has 0 atom stereocenters. The molecule has 1 aromatic heterocycles. The van der Waals surface area contributed by atoms with Crippen molar-refractivity contribution < 1.29 is 4.79 Å². The van der Waals surface area contributed by atoms with E-state index in [0.717, 1.165) is 31.4 Å². The molecule has 3 N–H and O–H groups in total. The van der Waals surface area contributed by atoms with E-state index in [2.05, 4.69) is 10.3 Å². The quantitative estimate of drug-likeness (QED) is 0.868. The number of pyridine rings is 1. The first-order chi connectivity index (χ1) is 8.16. The number of rotatable bonds is 3. The average molecular weight is 254 g/mol. The number of carbonyl (C=O) groups is 1. The zero-order valence-electron chi connectivity index (χ0n) is 9.53. The van der Waals surface area contributed by atoms with Gasteiger partial charge in [-0.1, -0.05) is 11.6 Å². The van der Waals surface area contributed by atoms with E-state index in [1.54, 1.807) is 12.4 Å². The van der Waals surface area contributed by atoms with Gasteiger partial charge in [0.05, 0.1) is 10.7 Å². The lowest BCUT2D eigenvalue weighted by atomic mass is 9.85. The molecule has 0 spiro atoms. The van der Waals surface area contributed by atoms with E-state index >= 15 is 0 Å². The summed E-state index contributed by atoms with van der Waals surface area (Å²) in [5.41, 5.74) is 6.21. The minimum absolute atomic E-state index is 0.0426. The fourth-order valence-electron chi connectivity index (χ4n) is 2.23. The molecule has 0 aromatic carbocycles. The van der Waals surface area contributed by atoms with Crippen LogP contribution in [0.3, 0.4) is 0 Å². The van der Waals surface area contributed by atoms with Crippen LogP contribution in [0.1, 0.15) is 25.7 Å². The van der Waals surface area contributed by atoms with Gasteiger partial charge in [-0.2, -0.15) is 0 Å². The number of carbonyl (C=O) groups excluding carboxylic acids is 1. The highest BCUT2D eigenvalue weighted by Crippen LogP contribution is 2.28. The third kappa shape index (κ3) is 3.09. The molecule has 0 aliphatic heterocycles. The second-order valence-electron chi connectivity index (χ2n) is 4.45. The number of primary amides is 1. The van der Waals surface area contributed by atoms with Gasteiger partial charge in [-0.15, -0.1) is 0 Å². The number of amides is 1. The maximum Gasteiger partial charge on any atom is 0.220 e. The molecule has 1 aromatic rings. The molecule has 1 heterocycles. The number of hydrogen-bond acceptors (Lipinski definition) is 3. The van der Waals surface area contributed by atoms with Crippen LogP contribution in [0.15, 0.2) is 18.5 Å². The third-order valence-corrected chi connectivity index (χ3v) is 3.56. The first-order valence-electron chi connectivity index (χ1n) is 5.82. The number of nitrogens with one attached hydrogen (secondary N) is 1. The summed E-state index contributed by atoms with van der Waals surface area (Å²) in [5, 5.41) is 4.01. The van der Waals surface area contributed by atoms with Gasteiger partial charge in [-0.25, -0.2) is 0 Å². The molecular formula is C12H16ClN3O. The lowest BCUT2D eigenvalue weighted by Crippen LogP contribution is -2.32. The van der Waals surface area contributed by atoms with Crippen molar-refractivity contribution in [3.05, 3.63) is 23.5 Å². The number of hydrogen-bond donors (Lipinski definition) is 2. The van der Waals surface area contributed by atoms with Crippen LogP contribution in [-0.2, 0) is 4.79 Å². The number of nitrogens with two attached hydrogens (primary N) is 1. The highest BCUT2D eigenvalue weighted by atomic mass is 35.5. The average Bonchev–Trinajstić information content (AvgIpc) is 2.33. The van der Waals surface area contributed by atoms with E-state index in [4.69, 9.17) is 17.3 Å². The molecule has 2 rings (SSSR count). The van der Waals surface area contributed by atoms with Gasteiger partial charge in [0.1, 0.15) is 0 Å². The Labute approximate surface area is 106 Å². The number of halogens is 1. The summed E-state index contributed by atoms with van der Waals surface area (Å²) in [4.78, 5) is 15.0. The molecule has 0 radical (unpaired) electrons. The Hall–Kier alpha value is -1.29. The van der Waals surface area contributed by atoms with Crippen molar-refractivity contribution in [3.63, 3.8) is 0 Å². The van der Waals surface area contributed by atoms with Gasteiger partial charge in [0, 0.05) is 24.4 Å². The van der Waals surface area contributed by atoms with E-state index in [1.807, 2.05) is 6.07 Å². The van der Waals surface area contributed by atoms with Gasteiger partial charge in [0.2, 0.25) is 5.91 Å². The Morgan fingerprint density at radius 3 is 2.71 bits per heavy atom. The molecule has 17 heavy (non-hydrogen) atoms. The Morgan fingerprint density at radius 1 is 1.41 bits per heavy atom. The smallest absolute Gasteiger partial charge is 0.220 e. The molecular weight excluding hydrogens is 238 g/mol. The zero-order valence-corrected chi connectivity index (χ0v) is 10.3. The summed E-state index contributed by atoms with van der Waals surface area (Å²) in [7, 11) is 0. The van der Waals surface area contributed by atoms with Crippen molar-refractivity contribution >= 4 is 23.2 Å². The predicted molar refractivity (Wildman–Crippen MR) is 67.8 cm³/mol. The van der Waals surface area contributed by atoms with Crippen molar-refractivity contribution in [1.29, 1.82) is 0 Å². The maximum absolute atomic E-state index is 11.0. The van der Waals surface area contributed by atoms with Crippen LogP contribution in [0.25, 0.3) is 0 Å². The molecule has 0 unspecified atom stereocenters. The van der Waals surface area contributed by atoms with Crippen LogP contribution < -0.4 is 11.1 Å². The Morgan fingerprint density at radius 2 is 2.12 bits per heavy atom. The van der Waals surface area contributed by atoms with Crippen molar-refractivity contribution in [2.24, 2.45) is 11.7 Å². The number of anilines is 1. The zero-order chi connectivity index (χ0) is 12.3. The van der Waals surface area contributed by atoms with Gasteiger partial charge in [-0.05, 0) is 31.7 Å². The van der Waals surface area contributed by atoms with Crippen LogP contribution in [0.4, 0.5) is 5.69 Å². The van der Waals surface area contributed by atoms with Crippen LogP contribution >= 0.6 is 11.6 Å². The largest absolute Gasteiger partial charge is 0.381 e. The number of nitrogens with zero attached hydrogens (tertiary/aromatic N) is 1. The molecule has 1 aliphatic rings. The molecule has 1 amide bonds. The standard InChI is InChI=1S/C12H16ClN3O/c13-10-7-15-6-5-11(10)16-9-3-1-8(2-4-9)12(14)17/h5-9H,1-4H2,(H2,14,17)(H,15,16). The van der Waals surface area contributed by atoms with Gasteiger partial charge >= 0.3 is 0 Å². The van der Waals surface area contributed by atoms with E-state index in [9.17, 15) is 4.79 Å². The minimum Gasteiger partial charge on any atom is -0.381 e. The van der Waals surface area contributed by atoms with E-state index in [-0.39, 0.29) is 11.8 Å². The summed E-state index contributed by atoms with van der Waals surface area (Å²) in [6.45, 7) is 0. The van der Waals surface area contributed by atoms with Crippen molar-refractivity contribution in [3.8, 4) is 0 Å². The van der Waals surface area contributed by atoms with Crippen molar-refractivity contribution in [1.82, 2.24) is 4.98 Å². The maximum atomic E-state index is 11.0. The molecule has 1 saturated carbocycles. The molecule has 92 valence electrons. The van der Waals surface area contributed by atoms with E-state index in [0.29, 0.717) is 11.1 Å². The minimum atomic E-state index is -0.176. The van der Waals surface area contributed by atoms with E-state index in [1.165, 1.54) is 0 Å². The van der Waals surface area contributed by atoms with Gasteiger partial charge in [0.25, 0.3) is 0 Å². The predicted octanol–water partition coefficient (Wildman–Crippen LogP) is 2.19. The summed E-state index contributed by atoms with van der Waals surface area (Å²) < 4.78 is 0. The van der Waals surface area contributed by atoms with Gasteiger partial charge in [0.15, 0.2) is 0 Å². The summed E-state index contributed by atoms with van der Waals surface area (Å²) >= 11 is 6.02. The molecule has 0 saturated heterocycles. The molecule has 1 aliphatic carbocycles. The summed E-state index contributed by atoms with van der Waals surface area (Å²) in [5.74, 6) is -0.133. The second-order valence-corrected chi connectivity index (χ2v) is 4.86. The molecule has 5 heteroatoms. The summed E-state index contributed by atoms with van der Waals surface area (Å²) in [6.07, 6.45) is 6.95. The topological polar surface area (TPSA) is 68.0 Å². The van der Waals surface area contributed by atoms with Gasteiger partial charge < -0.3 is 11.1 Å². The third-order valence-electron chi connectivity index (χ3n) is 3.26. The summed E-state index contributed by atoms with van der Waals surface area (Å²) in [6, 6.07) is 2.23. The SMILES string of the molecule is NC(=O)C1CCC(Nc2ccncc2Cl)CC1. The van der Waals surface area contributed by atoms with Crippen LogP contribution in [-0.4, -0.2) is 16.9 Å². The van der Waals surface area contributed by atoms with Crippen LogP contribution in [0, 0.1) is 5.92 Å². The van der Waals surface area contributed by atoms with Crippen molar-refractivity contribution in [2.45, 2.75) is 31.7 Å². The van der Waals surface area contributed by atoms with Crippen molar-refractivity contribution in [2.75, 3.05) is 5.32 Å². The Bertz CT molecular complexity index is 402. The van der Waals surface area contributed by atoms with Crippen LogP contribution in [0.5, 0.6) is 0 Å². The Balaban J connectivity index is 1.90. The highest BCUT2D eigenvalue weighted by Gasteiger charge is 2.24. The molecule has 4 nitrogen and oxygen atoms in total. The first kappa shape index (κ1) is 12.2.